The normalized spacial score (nSPS) is 13.7. The molecule has 0 spiro atoms. The molecule has 0 heterocycles. The van der Waals surface area contributed by atoms with Crippen LogP contribution in [0, 0.1) is 5.92 Å². The second kappa shape index (κ2) is 13.6. The molecule has 0 saturated heterocycles. The summed E-state index contributed by atoms with van der Waals surface area (Å²) in [5.41, 5.74) is 2.06. The number of carbonyl (C=O) groups is 3. The second-order valence-electron chi connectivity index (χ2n) is 10.2. The van der Waals surface area contributed by atoms with Crippen molar-refractivity contribution in [2.45, 2.75) is 90.7 Å². The fraction of sp³-hybridized carbons (Fsp3) is 0.640. The van der Waals surface area contributed by atoms with Crippen LogP contribution in [-0.2, 0) is 20.6 Å². The van der Waals surface area contributed by atoms with E-state index in [2.05, 4.69) is 57.5 Å². The summed E-state index contributed by atoms with van der Waals surface area (Å²) in [6.07, 6.45) is -1.31. The Balaban J connectivity index is 3.23. The van der Waals surface area contributed by atoms with Gasteiger partial charge in [-0.3, -0.25) is 9.59 Å². The molecule has 0 unspecified atom stereocenters. The van der Waals surface area contributed by atoms with Crippen LogP contribution in [0.15, 0.2) is 24.3 Å². The minimum atomic E-state index is -2.34. The number of rotatable bonds is 13. The van der Waals surface area contributed by atoms with Gasteiger partial charge in [-0.25, -0.2) is 4.79 Å². The molecule has 0 bridgehead atoms. The molecule has 3 amide bonds. The van der Waals surface area contributed by atoms with Gasteiger partial charge in [0.05, 0.1) is 13.2 Å². The number of carboxylic acid groups (broad SMARTS) is 1. The number of benzene rings is 1. The molecule has 9 nitrogen and oxygen atoms in total. The third-order valence-electron chi connectivity index (χ3n) is 6.47. The molecule has 1 aromatic carbocycles. The highest BCUT2D eigenvalue weighted by atomic mass is 28.4. The monoisotopic (exact) mass is 509 g/mol. The van der Waals surface area contributed by atoms with Crippen LogP contribution in [0.1, 0.15) is 61.0 Å². The van der Waals surface area contributed by atoms with Crippen molar-refractivity contribution >= 4 is 31.9 Å². The molecule has 5 N–H and O–H groups in total. The molecule has 1 rings (SSSR count). The van der Waals surface area contributed by atoms with Crippen LogP contribution in [0.2, 0.25) is 16.6 Å². The van der Waals surface area contributed by atoms with Crippen LogP contribution >= 0.6 is 0 Å². The lowest BCUT2D eigenvalue weighted by Crippen LogP contribution is -2.57. The molecule has 35 heavy (non-hydrogen) atoms. The molecule has 0 aliphatic heterocycles. The van der Waals surface area contributed by atoms with Crippen molar-refractivity contribution in [2.24, 2.45) is 5.92 Å². The molecular weight excluding hydrogens is 466 g/mol. The first-order valence-electron chi connectivity index (χ1n) is 12.2. The highest BCUT2D eigenvalue weighted by Gasteiger charge is 2.46. The molecule has 0 aliphatic rings. The Hall–Kier alpha value is -2.43. The maximum atomic E-state index is 13.3. The van der Waals surface area contributed by atoms with Gasteiger partial charge < -0.3 is 30.6 Å². The predicted molar refractivity (Wildman–Crippen MR) is 140 cm³/mol. The van der Waals surface area contributed by atoms with E-state index in [9.17, 15) is 19.5 Å². The van der Waals surface area contributed by atoms with Gasteiger partial charge in [-0.05, 0) is 40.2 Å². The summed E-state index contributed by atoms with van der Waals surface area (Å²) in [6, 6.07) is 4.68. The van der Waals surface area contributed by atoms with Crippen LogP contribution in [0.25, 0.3) is 0 Å². The van der Waals surface area contributed by atoms with Crippen LogP contribution in [0.4, 0.5) is 10.5 Å². The Labute approximate surface area is 210 Å². The zero-order valence-corrected chi connectivity index (χ0v) is 23.2. The number of aliphatic hydroxyl groups excluding tert-OH is 1. The Morgan fingerprint density at radius 2 is 1.37 bits per heavy atom. The number of carbonyl (C=O) groups excluding carboxylic acids is 2. The highest BCUT2D eigenvalue weighted by Crippen LogP contribution is 2.42. The molecule has 0 aliphatic carbocycles. The van der Waals surface area contributed by atoms with Gasteiger partial charge in [0.1, 0.15) is 12.1 Å². The summed E-state index contributed by atoms with van der Waals surface area (Å²) >= 11 is 0. The first kappa shape index (κ1) is 30.6. The van der Waals surface area contributed by atoms with Crippen molar-refractivity contribution in [3.05, 3.63) is 29.8 Å². The maximum Gasteiger partial charge on any atom is 0.405 e. The van der Waals surface area contributed by atoms with Gasteiger partial charge in [0.15, 0.2) is 8.32 Å². The van der Waals surface area contributed by atoms with E-state index in [1.54, 1.807) is 38.1 Å². The number of amides is 3. The van der Waals surface area contributed by atoms with E-state index in [4.69, 9.17) is 9.53 Å². The van der Waals surface area contributed by atoms with E-state index in [0.29, 0.717) is 11.3 Å². The van der Waals surface area contributed by atoms with Gasteiger partial charge in [0, 0.05) is 5.69 Å². The lowest BCUT2D eigenvalue weighted by atomic mass is 10.0. The average molecular weight is 510 g/mol. The Morgan fingerprint density at radius 1 is 0.857 bits per heavy atom. The molecule has 0 aromatic heterocycles. The second-order valence-corrected chi connectivity index (χ2v) is 15.7. The minimum Gasteiger partial charge on any atom is -0.465 e. The van der Waals surface area contributed by atoms with Crippen molar-refractivity contribution in [2.75, 3.05) is 11.9 Å². The summed E-state index contributed by atoms with van der Waals surface area (Å²) < 4.78 is 6.59. The first-order chi connectivity index (χ1) is 16.3. The number of hydrogen-bond donors (Lipinski definition) is 5. The van der Waals surface area contributed by atoms with Crippen LogP contribution in [0.3, 0.4) is 0 Å². The molecule has 2 atom stereocenters. The van der Waals surface area contributed by atoms with Gasteiger partial charge in [0.2, 0.25) is 11.8 Å². The number of hydrogen-bond acceptors (Lipinski definition) is 5. The minimum absolute atomic E-state index is 0.0229. The zero-order chi connectivity index (χ0) is 26.9. The largest absolute Gasteiger partial charge is 0.465 e. The zero-order valence-electron chi connectivity index (χ0n) is 22.2. The summed E-state index contributed by atoms with van der Waals surface area (Å²) in [5, 5.41) is 26.1. The lowest BCUT2D eigenvalue weighted by Gasteiger charge is -2.43. The average Bonchev–Trinajstić information content (AvgIpc) is 2.76. The van der Waals surface area contributed by atoms with E-state index in [1.165, 1.54) is 0 Å². The molecule has 1 aromatic rings. The summed E-state index contributed by atoms with van der Waals surface area (Å²) in [4.78, 5) is 37.5. The van der Waals surface area contributed by atoms with E-state index in [-0.39, 0.29) is 35.8 Å². The van der Waals surface area contributed by atoms with Crippen molar-refractivity contribution in [3.8, 4) is 0 Å². The SMILES string of the molecule is CC(C)[C@H](NC(=O)O)C(=O)N[C@@H](CO[Si](C(C)C)(C(C)C)C(C)C)C(=O)Nc1ccc(CO)cc1. The summed E-state index contributed by atoms with van der Waals surface area (Å²) in [7, 11) is -2.34. The fourth-order valence-corrected chi connectivity index (χ4v) is 10.2. The number of anilines is 1. The third kappa shape index (κ3) is 8.33. The van der Waals surface area contributed by atoms with E-state index >= 15 is 0 Å². The number of nitrogens with one attached hydrogen (secondary N) is 3. The topological polar surface area (TPSA) is 137 Å². The lowest BCUT2D eigenvalue weighted by molar-refractivity contribution is -0.129. The first-order valence-corrected chi connectivity index (χ1v) is 14.3. The van der Waals surface area contributed by atoms with Gasteiger partial charge >= 0.3 is 6.09 Å². The Bertz CT molecular complexity index is 820. The quantitative estimate of drug-likeness (QED) is 0.254. The van der Waals surface area contributed by atoms with Gasteiger partial charge in [-0.2, -0.15) is 0 Å². The highest BCUT2D eigenvalue weighted by molar-refractivity contribution is 6.77. The predicted octanol–water partition coefficient (Wildman–Crippen LogP) is 4.09. The van der Waals surface area contributed by atoms with Gasteiger partial charge in [-0.1, -0.05) is 67.5 Å². The molecule has 10 heteroatoms. The third-order valence-corrected chi connectivity index (χ3v) is 12.6. The van der Waals surface area contributed by atoms with E-state index in [1.807, 2.05) is 0 Å². The van der Waals surface area contributed by atoms with E-state index in [0.717, 1.165) is 0 Å². The molecule has 0 fully saturated rings. The number of aliphatic hydroxyl groups is 1. The Kier molecular flexibility index (Phi) is 11.9. The van der Waals surface area contributed by atoms with Crippen molar-refractivity contribution < 1.29 is 29.0 Å². The van der Waals surface area contributed by atoms with Crippen molar-refractivity contribution in [1.82, 2.24) is 10.6 Å². The Morgan fingerprint density at radius 3 is 1.77 bits per heavy atom. The van der Waals surface area contributed by atoms with Gasteiger partial charge in [0.25, 0.3) is 0 Å². The summed E-state index contributed by atoms with van der Waals surface area (Å²) in [6.45, 7) is 16.1. The van der Waals surface area contributed by atoms with Crippen molar-refractivity contribution in [3.63, 3.8) is 0 Å². The van der Waals surface area contributed by atoms with Crippen molar-refractivity contribution in [1.29, 1.82) is 0 Å². The van der Waals surface area contributed by atoms with Crippen LogP contribution in [-0.4, -0.2) is 55.1 Å². The molecule has 198 valence electrons. The molecule has 0 saturated carbocycles. The van der Waals surface area contributed by atoms with E-state index < -0.39 is 38.3 Å². The summed E-state index contributed by atoms with van der Waals surface area (Å²) in [5.74, 6) is -1.38. The molecular formula is C25H43N3O6Si. The smallest absolute Gasteiger partial charge is 0.405 e. The standard InChI is InChI=1S/C25H43N3O6Si/c1-15(2)22(28-25(32)33)24(31)27-21(14-34-35(16(3)4,17(5)6)18(7)8)23(30)26-20-11-9-19(13-29)10-12-20/h9-12,15-18,21-22,28-29H,13-14H2,1-8H3,(H,26,30)(H,27,31)(H,32,33)/t21-,22-/m0/s1. The van der Waals surface area contributed by atoms with Crippen LogP contribution in [0.5, 0.6) is 0 Å². The van der Waals surface area contributed by atoms with Gasteiger partial charge in [-0.15, -0.1) is 0 Å². The van der Waals surface area contributed by atoms with Crippen LogP contribution < -0.4 is 16.0 Å². The molecule has 0 radical (unpaired) electrons. The maximum absolute atomic E-state index is 13.3. The fourth-order valence-electron chi connectivity index (χ4n) is 4.76.